The van der Waals surface area contributed by atoms with E-state index in [0.717, 1.165) is 29.8 Å². The molecular weight excluding hydrogens is 480 g/mol. The molecule has 5 N–H and O–H groups in total. The number of carbonyl (C=O) groups excluding carboxylic acids is 3. The number of hydrogen-bond donors (Lipinski definition) is 5. The van der Waals surface area contributed by atoms with E-state index in [2.05, 4.69) is 29.8 Å². The highest BCUT2D eigenvalue weighted by atomic mass is 32.1. The number of fused-ring (bicyclic) bond motifs is 2. The van der Waals surface area contributed by atoms with Crippen molar-refractivity contribution in [2.75, 3.05) is 25.0 Å². The fourth-order valence-electron chi connectivity index (χ4n) is 6.11. The van der Waals surface area contributed by atoms with Gasteiger partial charge in [-0.25, -0.2) is 4.98 Å². The molecule has 0 aromatic carbocycles. The first-order valence-electron chi connectivity index (χ1n) is 13.1. The number of aliphatic hydroxyl groups is 2. The van der Waals surface area contributed by atoms with Crippen LogP contribution in [0.1, 0.15) is 89.1 Å². The van der Waals surface area contributed by atoms with Gasteiger partial charge in [-0.05, 0) is 37.0 Å². The first-order valence-corrected chi connectivity index (χ1v) is 14.0. The fraction of sp³-hybridized carbons (Fsp3) is 0.769. The summed E-state index contributed by atoms with van der Waals surface area (Å²) in [5.74, 6) is -0.592. The molecule has 2 aliphatic rings. The molecule has 1 heterocycles. The molecule has 0 bridgehead atoms. The number of nitrogens with zero attached hydrogens (tertiary/aromatic N) is 1. The largest absolute Gasteiger partial charge is 0.396 e. The summed E-state index contributed by atoms with van der Waals surface area (Å²) in [6.07, 6.45) is 4.83. The second-order valence-electron chi connectivity index (χ2n) is 10.9. The summed E-state index contributed by atoms with van der Waals surface area (Å²) in [5.41, 5.74) is -0.204. The number of aromatic nitrogens is 1. The molecule has 0 aliphatic heterocycles. The topological polar surface area (TPSA) is 141 Å². The summed E-state index contributed by atoms with van der Waals surface area (Å²) >= 11 is 1.44. The predicted molar refractivity (Wildman–Crippen MR) is 140 cm³/mol. The van der Waals surface area contributed by atoms with Crippen LogP contribution in [0.4, 0.5) is 5.13 Å². The second kappa shape index (κ2) is 12.0. The zero-order valence-electron chi connectivity index (χ0n) is 22.0. The number of unbranched alkanes of at least 4 members (excludes halogenated alkanes) is 2. The van der Waals surface area contributed by atoms with Crippen LogP contribution in [0.5, 0.6) is 0 Å². The van der Waals surface area contributed by atoms with E-state index in [9.17, 15) is 24.6 Å². The Balaban J connectivity index is 1.87. The summed E-state index contributed by atoms with van der Waals surface area (Å²) in [4.78, 5) is 42.4. The van der Waals surface area contributed by atoms with E-state index in [1.165, 1.54) is 18.3 Å². The molecule has 1 aromatic heterocycles. The minimum absolute atomic E-state index is 0.0445. The molecule has 3 rings (SSSR count). The van der Waals surface area contributed by atoms with E-state index in [-0.39, 0.29) is 48.0 Å². The third-order valence-electron chi connectivity index (χ3n) is 8.36. The van der Waals surface area contributed by atoms with Gasteiger partial charge in [-0.1, -0.05) is 33.6 Å². The maximum atomic E-state index is 13.0. The Labute approximate surface area is 217 Å². The van der Waals surface area contributed by atoms with E-state index in [1.54, 1.807) is 0 Å². The van der Waals surface area contributed by atoms with Gasteiger partial charge in [0.05, 0.1) is 18.4 Å². The molecule has 5 atom stereocenters. The summed E-state index contributed by atoms with van der Waals surface area (Å²) in [5, 5.41) is 30.3. The highest BCUT2D eigenvalue weighted by Gasteiger charge is 2.59. The van der Waals surface area contributed by atoms with E-state index < -0.39 is 11.5 Å². The van der Waals surface area contributed by atoms with Gasteiger partial charge in [-0.3, -0.25) is 14.4 Å². The van der Waals surface area contributed by atoms with Gasteiger partial charge in [0, 0.05) is 49.1 Å². The van der Waals surface area contributed by atoms with Crippen LogP contribution >= 0.6 is 11.3 Å². The first-order chi connectivity index (χ1) is 17.0. The highest BCUT2D eigenvalue weighted by molar-refractivity contribution is 7.15. The van der Waals surface area contributed by atoms with Crippen LogP contribution in [0, 0.1) is 16.7 Å². The van der Waals surface area contributed by atoms with Crippen molar-refractivity contribution in [1.29, 1.82) is 0 Å². The molecule has 0 spiro atoms. The Morgan fingerprint density at radius 2 is 1.86 bits per heavy atom. The Bertz CT molecular complexity index is 953. The van der Waals surface area contributed by atoms with Crippen molar-refractivity contribution in [2.45, 2.75) is 91.1 Å². The molecular formula is C26H42N4O5S. The molecule has 9 nitrogen and oxygen atoms in total. The smallest absolute Gasteiger partial charge is 0.226 e. The molecule has 0 radical (unpaired) electrons. The number of amides is 3. The first kappa shape index (κ1) is 28.5. The molecule has 1 fully saturated rings. The number of carbonyl (C=O) groups is 3. The van der Waals surface area contributed by atoms with Crippen molar-refractivity contribution in [3.63, 3.8) is 0 Å². The molecule has 202 valence electrons. The van der Waals surface area contributed by atoms with Gasteiger partial charge in [0.2, 0.25) is 17.7 Å². The van der Waals surface area contributed by atoms with Crippen LogP contribution in [0.3, 0.4) is 0 Å². The number of thiazole rings is 1. The average molecular weight is 523 g/mol. The summed E-state index contributed by atoms with van der Waals surface area (Å²) in [7, 11) is 0. The molecule has 2 aliphatic carbocycles. The Morgan fingerprint density at radius 1 is 1.14 bits per heavy atom. The van der Waals surface area contributed by atoms with Gasteiger partial charge in [-0.2, -0.15) is 0 Å². The number of nitrogens with one attached hydrogen (secondary N) is 3. The number of hydrogen-bond acceptors (Lipinski definition) is 7. The zero-order chi connectivity index (χ0) is 26.5. The lowest BCUT2D eigenvalue weighted by Crippen LogP contribution is -2.57. The number of anilines is 1. The van der Waals surface area contributed by atoms with Gasteiger partial charge in [-0.15, -0.1) is 11.3 Å². The zero-order valence-corrected chi connectivity index (χ0v) is 22.8. The average Bonchev–Trinajstić information content (AvgIpc) is 3.22. The quantitative estimate of drug-likeness (QED) is 0.283. The minimum Gasteiger partial charge on any atom is -0.396 e. The molecule has 36 heavy (non-hydrogen) atoms. The van der Waals surface area contributed by atoms with Gasteiger partial charge >= 0.3 is 0 Å². The Kier molecular flexibility index (Phi) is 9.51. The maximum absolute atomic E-state index is 13.0. The van der Waals surface area contributed by atoms with Crippen molar-refractivity contribution < 1.29 is 24.6 Å². The van der Waals surface area contributed by atoms with Crippen LogP contribution in [-0.2, 0) is 20.8 Å². The third-order valence-corrected chi connectivity index (χ3v) is 9.37. The third kappa shape index (κ3) is 6.08. The minimum atomic E-state index is -0.696. The summed E-state index contributed by atoms with van der Waals surface area (Å²) in [6.45, 7) is 8.17. The molecule has 3 amide bonds. The van der Waals surface area contributed by atoms with Crippen LogP contribution in [0.25, 0.3) is 0 Å². The fourth-order valence-corrected chi connectivity index (χ4v) is 7.20. The SMILES string of the molecule is CCCCCC(=O)Nc1nc2c(s1)CC1C(C)(CO)C(O)CCC1(C)C2CC(=O)NCCNC(C)=O. The molecule has 0 saturated heterocycles. The van der Waals surface area contributed by atoms with Crippen molar-refractivity contribution in [1.82, 2.24) is 15.6 Å². The lowest BCUT2D eigenvalue weighted by molar-refractivity contribution is -0.144. The lowest BCUT2D eigenvalue weighted by atomic mass is 9.47. The van der Waals surface area contributed by atoms with Crippen molar-refractivity contribution in [3.05, 3.63) is 10.6 Å². The van der Waals surface area contributed by atoms with Gasteiger partial charge < -0.3 is 26.2 Å². The van der Waals surface area contributed by atoms with Gasteiger partial charge in [0.15, 0.2) is 5.13 Å². The van der Waals surface area contributed by atoms with Crippen molar-refractivity contribution in [2.24, 2.45) is 16.7 Å². The summed E-state index contributed by atoms with van der Waals surface area (Å²) < 4.78 is 0. The van der Waals surface area contributed by atoms with Gasteiger partial charge in [0.1, 0.15) is 0 Å². The van der Waals surface area contributed by atoms with E-state index >= 15 is 0 Å². The second-order valence-corrected chi connectivity index (χ2v) is 12.0. The van der Waals surface area contributed by atoms with Crippen molar-refractivity contribution in [3.8, 4) is 0 Å². The normalized spacial score (nSPS) is 29.1. The lowest BCUT2D eigenvalue weighted by Gasteiger charge is -2.58. The monoisotopic (exact) mass is 522 g/mol. The van der Waals surface area contributed by atoms with Crippen LogP contribution in [-0.4, -0.2) is 58.7 Å². The summed E-state index contributed by atoms with van der Waals surface area (Å²) in [6, 6.07) is 0. The predicted octanol–water partition coefficient (Wildman–Crippen LogP) is 2.72. The van der Waals surface area contributed by atoms with E-state index in [1.807, 2.05) is 6.92 Å². The van der Waals surface area contributed by atoms with Crippen LogP contribution < -0.4 is 16.0 Å². The van der Waals surface area contributed by atoms with Crippen LogP contribution in [0.2, 0.25) is 0 Å². The van der Waals surface area contributed by atoms with E-state index in [0.29, 0.717) is 43.9 Å². The maximum Gasteiger partial charge on any atom is 0.226 e. The molecule has 1 aromatic rings. The standard InChI is InChI=1S/C26H42N4O5S/c1-5-6-7-8-21(34)29-24-30-23-17(13-22(35)28-12-11-27-16(2)32)25(3)10-9-20(33)26(4,15-31)19(25)14-18(23)36-24/h17,19-20,31,33H,5-15H2,1-4H3,(H,27,32)(H,28,35)(H,29,30,34). The molecule has 10 heteroatoms. The molecule has 5 unspecified atom stereocenters. The Morgan fingerprint density at radius 3 is 2.53 bits per heavy atom. The molecule has 1 saturated carbocycles. The highest BCUT2D eigenvalue weighted by Crippen LogP contribution is 2.62. The van der Waals surface area contributed by atoms with E-state index in [4.69, 9.17) is 4.98 Å². The van der Waals surface area contributed by atoms with Crippen molar-refractivity contribution >= 4 is 34.2 Å². The van der Waals surface area contributed by atoms with Gasteiger partial charge in [0.25, 0.3) is 0 Å². The number of rotatable bonds is 11. The van der Waals surface area contributed by atoms with Crippen LogP contribution in [0.15, 0.2) is 0 Å². The number of aliphatic hydroxyl groups excluding tert-OH is 2. The Hall–Kier alpha value is -2.04.